The molecule has 0 radical (unpaired) electrons. The van der Waals surface area contributed by atoms with Crippen LogP contribution in [0.25, 0.3) is 11.3 Å². The smallest absolute Gasteiger partial charge is 0.186 e. The molecule has 1 atom stereocenters. The second-order valence-electron chi connectivity index (χ2n) is 5.48. The number of hydrogen-bond acceptors (Lipinski definition) is 4. The van der Waals surface area contributed by atoms with Crippen LogP contribution in [-0.4, -0.2) is 23.2 Å². The second-order valence-corrected chi connectivity index (χ2v) is 6.54. The van der Waals surface area contributed by atoms with Gasteiger partial charge in [0.05, 0.1) is 17.2 Å². The van der Waals surface area contributed by atoms with Gasteiger partial charge in [0.2, 0.25) is 0 Å². The Balaban J connectivity index is 1.92. The standard InChI is InChI=1S/C16H20N2OS/c1-11(12-8-9-12)18(2)16-17-15(14(10-19)20-16)13-6-4-3-5-7-13/h3-7,11-12,19H,8-10H2,1-2H3. The van der Waals surface area contributed by atoms with E-state index >= 15 is 0 Å². The number of aliphatic hydroxyl groups is 1. The van der Waals surface area contributed by atoms with E-state index in [1.807, 2.05) is 30.3 Å². The van der Waals surface area contributed by atoms with Gasteiger partial charge in [-0.2, -0.15) is 0 Å². The fourth-order valence-corrected chi connectivity index (χ4v) is 3.48. The van der Waals surface area contributed by atoms with Crippen molar-refractivity contribution < 1.29 is 5.11 Å². The second kappa shape index (κ2) is 5.54. The molecule has 4 heteroatoms. The average Bonchev–Trinajstić information content (AvgIpc) is 3.25. The molecule has 3 rings (SSSR count). The van der Waals surface area contributed by atoms with Crippen molar-refractivity contribution in [1.29, 1.82) is 0 Å². The largest absolute Gasteiger partial charge is 0.391 e. The van der Waals surface area contributed by atoms with Crippen LogP contribution in [0.5, 0.6) is 0 Å². The summed E-state index contributed by atoms with van der Waals surface area (Å²) in [4.78, 5) is 7.97. The Bertz CT molecular complexity index is 577. The molecule has 2 aromatic rings. The molecule has 1 aliphatic carbocycles. The monoisotopic (exact) mass is 288 g/mol. The number of hydrogen-bond donors (Lipinski definition) is 1. The Morgan fingerprint density at radius 2 is 2.05 bits per heavy atom. The van der Waals surface area contributed by atoms with Gasteiger partial charge in [-0.05, 0) is 25.7 Å². The molecule has 0 bridgehead atoms. The maximum Gasteiger partial charge on any atom is 0.186 e. The highest BCUT2D eigenvalue weighted by Gasteiger charge is 2.32. The molecule has 1 aromatic carbocycles. The van der Waals surface area contributed by atoms with Crippen molar-refractivity contribution in [2.24, 2.45) is 5.92 Å². The minimum Gasteiger partial charge on any atom is -0.391 e. The normalized spacial score (nSPS) is 16.1. The van der Waals surface area contributed by atoms with Gasteiger partial charge in [0.1, 0.15) is 0 Å². The van der Waals surface area contributed by atoms with Gasteiger partial charge in [0, 0.05) is 18.7 Å². The maximum absolute atomic E-state index is 9.59. The Hall–Kier alpha value is -1.39. The van der Waals surface area contributed by atoms with Gasteiger partial charge >= 0.3 is 0 Å². The summed E-state index contributed by atoms with van der Waals surface area (Å²) >= 11 is 1.60. The van der Waals surface area contributed by atoms with Crippen molar-refractivity contribution >= 4 is 16.5 Å². The highest BCUT2D eigenvalue weighted by molar-refractivity contribution is 7.16. The van der Waals surface area contributed by atoms with Crippen LogP contribution in [0.15, 0.2) is 30.3 Å². The lowest BCUT2D eigenvalue weighted by Crippen LogP contribution is -2.30. The van der Waals surface area contributed by atoms with E-state index < -0.39 is 0 Å². The van der Waals surface area contributed by atoms with Gasteiger partial charge in [0.15, 0.2) is 5.13 Å². The minimum absolute atomic E-state index is 0.0492. The zero-order valence-corrected chi connectivity index (χ0v) is 12.7. The fraction of sp³-hybridized carbons (Fsp3) is 0.438. The van der Waals surface area contributed by atoms with Crippen molar-refractivity contribution in [3.63, 3.8) is 0 Å². The first-order valence-corrected chi connectivity index (χ1v) is 7.91. The molecular weight excluding hydrogens is 268 g/mol. The van der Waals surface area contributed by atoms with E-state index in [2.05, 4.69) is 18.9 Å². The Morgan fingerprint density at radius 1 is 1.35 bits per heavy atom. The summed E-state index contributed by atoms with van der Waals surface area (Å²) in [6.45, 7) is 2.31. The maximum atomic E-state index is 9.59. The quantitative estimate of drug-likeness (QED) is 0.914. The fourth-order valence-electron chi connectivity index (χ4n) is 2.49. The van der Waals surface area contributed by atoms with Crippen LogP contribution in [0.3, 0.4) is 0 Å². The van der Waals surface area contributed by atoms with Crippen LogP contribution in [0.1, 0.15) is 24.6 Å². The van der Waals surface area contributed by atoms with Crippen molar-refractivity contribution in [2.45, 2.75) is 32.4 Å². The summed E-state index contributed by atoms with van der Waals surface area (Å²) in [6.07, 6.45) is 2.66. The van der Waals surface area contributed by atoms with Gasteiger partial charge in [-0.1, -0.05) is 41.7 Å². The third-order valence-corrected chi connectivity index (χ3v) is 5.22. The van der Waals surface area contributed by atoms with E-state index in [0.29, 0.717) is 6.04 Å². The lowest BCUT2D eigenvalue weighted by atomic mass is 10.1. The highest BCUT2D eigenvalue weighted by Crippen LogP contribution is 2.39. The molecule has 1 fully saturated rings. The highest BCUT2D eigenvalue weighted by atomic mass is 32.1. The van der Waals surface area contributed by atoms with Crippen LogP contribution < -0.4 is 4.90 Å². The van der Waals surface area contributed by atoms with Gasteiger partial charge in [-0.25, -0.2) is 4.98 Å². The summed E-state index contributed by atoms with van der Waals surface area (Å²) in [5.74, 6) is 0.807. The minimum atomic E-state index is 0.0492. The number of nitrogens with zero attached hydrogens (tertiary/aromatic N) is 2. The van der Waals surface area contributed by atoms with Crippen LogP contribution in [0.2, 0.25) is 0 Å². The van der Waals surface area contributed by atoms with Gasteiger partial charge < -0.3 is 10.0 Å². The van der Waals surface area contributed by atoms with Crippen LogP contribution >= 0.6 is 11.3 Å². The number of aliphatic hydroxyl groups excluding tert-OH is 1. The number of thiazole rings is 1. The summed E-state index contributed by atoms with van der Waals surface area (Å²) in [5.41, 5.74) is 1.99. The van der Waals surface area contributed by atoms with Gasteiger partial charge in [-0.15, -0.1) is 0 Å². The molecule has 0 amide bonds. The lowest BCUT2D eigenvalue weighted by Gasteiger charge is -2.23. The molecule has 1 saturated carbocycles. The van der Waals surface area contributed by atoms with E-state index in [9.17, 15) is 5.11 Å². The Kier molecular flexibility index (Phi) is 3.76. The molecule has 3 nitrogen and oxygen atoms in total. The third-order valence-electron chi connectivity index (χ3n) is 4.09. The summed E-state index contributed by atoms with van der Waals surface area (Å²) in [5, 5.41) is 10.6. The first kappa shape index (κ1) is 13.6. The van der Waals surface area contributed by atoms with E-state index in [0.717, 1.165) is 27.2 Å². The molecule has 0 aliphatic heterocycles. The third kappa shape index (κ3) is 2.58. The zero-order valence-electron chi connectivity index (χ0n) is 11.9. The van der Waals surface area contributed by atoms with Gasteiger partial charge in [0.25, 0.3) is 0 Å². The molecule has 0 spiro atoms. The van der Waals surface area contributed by atoms with Crippen molar-refractivity contribution in [3.8, 4) is 11.3 Å². The first-order chi connectivity index (χ1) is 9.70. The molecule has 0 saturated heterocycles. The first-order valence-electron chi connectivity index (χ1n) is 7.09. The van der Waals surface area contributed by atoms with Crippen LogP contribution in [0, 0.1) is 5.92 Å². The molecule has 106 valence electrons. The van der Waals surface area contributed by atoms with Crippen molar-refractivity contribution in [2.75, 3.05) is 11.9 Å². The van der Waals surface area contributed by atoms with Crippen LogP contribution in [0.4, 0.5) is 5.13 Å². The Labute approximate surface area is 123 Å². The molecule has 20 heavy (non-hydrogen) atoms. The molecule has 1 heterocycles. The molecule has 1 N–H and O–H groups in total. The molecule has 1 unspecified atom stereocenters. The summed E-state index contributed by atoms with van der Waals surface area (Å²) in [6, 6.07) is 10.6. The average molecular weight is 288 g/mol. The van der Waals surface area contributed by atoms with Gasteiger partial charge in [-0.3, -0.25) is 0 Å². The predicted octanol–water partition coefficient (Wildman–Crippen LogP) is 3.54. The SMILES string of the molecule is CC(C1CC1)N(C)c1nc(-c2ccccc2)c(CO)s1. The summed E-state index contributed by atoms with van der Waals surface area (Å²) < 4.78 is 0. The number of anilines is 1. The topological polar surface area (TPSA) is 36.4 Å². The molecular formula is C16H20N2OS. The van der Waals surface area contributed by atoms with Crippen LogP contribution in [-0.2, 0) is 6.61 Å². The number of rotatable bonds is 5. The van der Waals surface area contributed by atoms with E-state index in [-0.39, 0.29) is 6.61 Å². The predicted molar refractivity (Wildman–Crippen MR) is 84.1 cm³/mol. The van der Waals surface area contributed by atoms with E-state index in [1.54, 1.807) is 11.3 Å². The van der Waals surface area contributed by atoms with E-state index in [1.165, 1.54) is 12.8 Å². The zero-order chi connectivity index (χ0) is 14.1. The van der Waals surface area contributed by atoms with E-state index in [4.69, 9.17) is 4.98 Å². The molecule has 1 aromatic heterocycles. The van der Waals surface area contributed by atoms with Crippen molar-refractivity contribution in [1.82, 2.24) is 4.98 Å². The Morgan fingerprint density at radius 3 is 2.65 bits per heavy atom. The lowest BCUT2D eigenvalue weighted by molar-refractivity contribution is 0.286. The number of benzene rings is 1. The summed E-state index contributed by atoms with van der Waals surface area (Å²) in [7, 11) is 2.11. The number of aromatic nitrogens is 1. The molecule has 1 aliphatic rings. The van der Waals surface area contributed by atoms with Crippen molar-refractivity contribution in [3.05, 3.63) is 35.2 Å².